The van der Waals surface area contributed by atoms with Crippen molar-refractivity contribution in [1.29, 1.82) is 5.26 Å². The van der Waals surface area contributed by atoms with Crippen molar-refractivity contribution in [3.63, 3.8) is 0 Å². The summed E-state index contributed by atoms with van der Waals surface area (Å²) in [5.41, 5.74) is 8.97. The standard InChI is InChI=1S/C22H26N6O.C2H3N/c23-21(27-18-9-4-6-16(14-18)15-28-13-5-11-25-28)20-19(10-12-24-22(20)29)26-17-7-2-1-3-8-17;1-2-3/h4-6,9-14,17H,1-3,7-8,15H2,(H2,23,27)(H2,24,26,29);1H3. The predicted molar refractivity (Wildman–Crippen MR) is 127 cm³/mol. The lowest BCUT2D eigenvalue weighted by Crippen LogP contribution is -2.29. The second kappa shape index (κ2) is 11.5. The van der Waals surface area contributed by atoms with Crippen LogP contribution in [0, 0.1) is 11.3 Å². The third-order valence-electron chi connectivity index (χ3n) is 5.25. The molecule has 1 saturated carbocycles. The van der Waals surface area contributed by atoms with E-state index < -0.39 is 0 Å². The molecule has 1 fully saturated rings. The highest BCUT2D eigenvalue weighted by Gasteiger charge is 2.17. The molecule has 0 radical (unpaired) electrons. The van der Waals surface area contributed by atoms with Crippen LogP contribution >= 0.6 is 0 Å². The van der Waals surface area contributed by atoms with Crippen molar-refractivity contribution in [3.8, 4) is 6.07 Å². The van der Waals surface area contributed by atoms with Gasteiger partial charge in [-0.15, -0.1) is 0 Å². The molecule has 4 rings (SSSR count). The molecule has 1 aromatic carbocycles. The SMILES string of the molecule is CC#N.NC(=Nc1cccc(Cn2cccn2)c1)c1c(NC2CCCCC2)cc[nH]c1=O. The first kappa shape index (κ1) is 22.8. The summed E-state index contributed by atoms with van der Waals surface area (Å²) in [6, 6.07) is 13.7. The van der Waals surface area contributed by atoms with Crippen molar-refractivity contribution in [1.82, 2.24) is 14.8 Å². The topological polar surface area (TPSA) is 125 Å². The minimum absolute atomic E-state index is 0.210. The summed E-state index contributed by atoms with van der Waals surface area (Å²) in [6.45, 7) is 2.08. The van der Waals surface area contributed by atoms with E-state index in [-0.39, 0.29) is 11.4 Å². The normalized spacial score (nSPS) is 14.2. The molecule has 4 N–H and O–H groups in total. The minimum Gasteiger partial charge on any atom is -0.383 e. The van der Waals surface area contributed by atoms with Gasteiger partial charge in [0.1, 0.15) is 11.4 Å². The van der Waals surface area contributed by atoms with Gasteiger partial charge in [-0.1, -0.05) is 31.4 Å². The summed E-state index contributed by atoms with van der Waals surface area (Å²) in [4.78, 5) is 19.8. The molecule has 3 aromatic rings. The number of nitrogens with one attached hydrogen (secondary N) is 2. The Morgan fingerprint density at radius 1 is 1.31 bits per heavy atom. The number of aliphatic imine (C=N–C) groups is 1. The number of pyridine rings is 1. The lowest BCUT2D eigenvalue weighted by molar-refractivity contribution is 0.462. The number of anilines is 1. The fourth-order valence-corrected chi connectivity index (χ4v) is 3.82. The van der Waals surface area contributed by atoms with Crippen molar-refractivity contribution >= 4 is 17.2 Å². The summed E-state index contributed by atoms with van der Waals surface area (Å²) >= 11 is 0. The van der Waals surface area contributed by atoms with Gasteiger partial charge < -0.3 is 16.0 Å². The lowest BCUT2D eigenvalue weighted by atomic mass is 9.95. The first-order chi connectivity index (χ1) is 15.6. The number of nitrogens with zero attached hydrogens (tertiary/aromatic N) is 4. The maximum atomic E-state index is 12.5. The van der Waals surface area contributed by atoms with Gasteiger partial charge in [0.15, 0.2) is 0 Å². The van der Waals surface area contributed by atoms with Gasteiger partial charge in [0, 0.05) is 31.6 Å². The number of H-pyrrole nitrogens is 1. The number of benzene rings is 1. The van der Waals surface area contributed by atoms with Crippen molar-refractivity contribution in [2.24, 2.45) is 10.7 Å². The molecule has 0 aliphatic heterocycles. The second-order valence-corrected chi connectivity index (χ2v) is 7.67. The van der Waals surface area contributed by atoms with Crippen molar-refractivity contribution in [2.45, 2.75) is 51.6 Å². The van der Waals surface area contributed by atoms with Crippen molar-refractivity contribution in [3.05, 3.63) is 76.5 Å². The van der Waals surface area contributed by atoms with Crippen LogP contribution in [0.2, 0.25) is 0 Å². The summed E-state index contributed by atoms with van der Waals surface area (Å²) < 4.78 is 1.85. The first-order valence-corrected chi connectivity index (χ1v) is 10.8. The molecule has 0 saturated heterocycles. The number of hydrogen-bond donors (Lipinski definition) is 3. The Labute approximate surface area is 187 Å². The highest BCUT2D eigenvalue weighted by atomic mass is 16.1. The van der Waals surface area contributed by atoms with E-state index in [9.17, 15) is 4.79 Å². The number of nitriles is 1. The predicted octanol–water partition coefficient (Wildman–Crippen LogP) is 3.93. The van der Waals surface area contributed by atoms with Crippen LogP contribution in [-0.4, -0.2) is 26.6 Å². The molecule has 0 amide bonds. The average molecular weight is 432 g/mol. The monoisotopic (exact) mass is 431 g/mol. The fourth-order valence-electron chi connectivity index (χ4n) is 3.82. The van der Waals surface area contributed by atoms with E-state index >= 15 is 0 Å². The third-order valence-corrected chi connectivity index (χ3v) is 5.25. The van der Waals surface area contributed by atoms with Crippen LogP contribution < -0.4 is 16.6 Å². The summed E-state index contributed by atoms with van der Waals surface area (Å²) in [5.74, 6) is 0.210. The molecular formula is C24H29N7O. The number of hydrogen-bond acceptors (Lipinski definition) is 5. The molecule has 166 valence electrons. The van der Waals surface area contributed by atoms with E-state index in [1.54, 1.807) is 18.5 Å². The van der Waals surface area contributed by atoms with Crippen LogP contribution in [-0.2, 0) is 6.54 Å². The zero-order chi connectivity index (χ0) is 22.8. The van der Waals surface area contributed by atoms with E-state index in [0.717, 1.165) is 24.1 Å². The largest absolute Gasteiger partial charge is 0.383 e. The van der Waals surface area contributed by atoms with E-state index in [1.165, 1.54) is 26.2 Å². The molecule has 0 bridgehead atoms. The van der Waals surface area contributed by atoms with Crippen LogP contribution in [0.25, 0.3) is 0 Å². The molecule has 0 spiro atoms. The number of amidine groups is 1. The van der Waals surface area contributed by atoms with Gasteiger partial charge in [-0.2, -0.15) is 10.4 Å². The molecule has 8 nitrogen and oxygen atoms in total. The first-order valence-electron chi connectivity index (χ1n) is 10.8. The highest BCUT2D eigenvalue weighted by Crippen LogP contribution is 2.23. The Morgan fingerprint density at radius 2 is 2.09 bits per heavy atom. The molecule has 0 atom stereocenters. The number of aromatic amines is 1. The third kappa shape index (κ3) is 6.32. The summed E-state index contributed by atoms with van der Waals surface area (Å²) in [5, 5.41) is 15.1. The van der Waals surface area contributed by atoms with E-state index in [4.69, 9.17) is 11.0 Å². The lowest BCUT2D eigenvalue weighted by Gasteiger charge is -2.24. The molecule has 1 aliphatic rings. The number of aromatic nitrogens is 3. The molecular weight excluding hydrogens is 402 g/mol. The highest BCUT2D eigenvalue weighted by molar-refractivity contribution is 6.03. The fraction of sp³-hybridized carbons (Fsp3) is 0.333. The summed E-state index contributed by atoms with van der Waals surface area (Å²) in [7, 11) is 0. The zero-order valence-electron chi connectivity index (χ0n) is 18.3. The quantitative estimate of drug-likeness (QED) is 0.403. The van der Waals surface area contributed by atoms with Crippen LogP contribution in [0.3, 0.4) is 0 Å². The Kier molecular flexibility index (Phi) is 8.21. The van der Waals surface area contributed by atoms with Gasteiger partial charge in [-0.3, -0.25) is 9.48 Å². The Hall–Kier alpha value is -3.86. The van der Waals surface area contributed by atoms with Gasteiger partial charge in [0.05, 0.1) is 24.0 Å². The van der Waals surface area contributed by atoms with Crippen molar-refractivity contribution < 1.29 is 0 Å². The second-order valence-electron chi connectivity index (χ2n) is 7.67. The van der Waals surface area contributed by atoms with Crippen LogP contribution in [0.4, 0.5) is 11.4 Å². The van der Waals surface area contributed by atoms with Crippen LogP contribution in [0.5, 0.6) is 0 Å². The van der Waals surface area contributed by atoms with E-state index in [2.05, 4.69) is 20.4 Å². The number of nitrogens with two attached hydrogens (primary N) is 1. The van der Waals surface area contributed by atoms with Gasteiger partial charge in [-0.25, -0.2) is 4.99 Å². The molecule has 8 heteroatoms. The molecule has 0 unspecified atom stereocenters. The smallest absolute Gasteiger partial charge is 0.261 e. The van der Waals surface area contributed by atoms with Gasteiger partial charge in [0.25, 0.3) is 5.56 Å². The average Bonchev–Trinajstić information content (AvgIpc) is 3.28. The Bertz CT molecular complexity index is 1120. The molecule has 2 aromatic heterocycles. The van der Waals surface area contributed by atoms with Crippen LogP contribution in [0.1, 0.15) is 50.2 Å². The van der Waals surface area contributed by atoms with Gasteiger partial charge >= 0.3 is 0 Å². The Morgan fingerprint density at radius 3 is 2.81 bits per heavy atom. The molecule has 1 aliphatic carbocycles. The van der Waals surface area contributed by atoms with Crippen LogP contribution in [0.15, 0.2) is 64.8 Å². The molecule has 2 heterocycles. The van der Waals surface area contributed by atoms with E-state index in [0.29, 0.717) is 23.8 Å². The zero-order valence-corrected chi connectivity index (χ0v) is 18.3. The maximum absolute atomic E-state index is 12.5. The Balaban J connectivity index is 0.000000913. The van der Waals surface area contributed by atoms with Crippen molar-refractivity contribution in [2.75, 3.05) is 5.32 Å². The van der Waals surface area contributed by atoms with E-state index in [1.807, 2.05) is 47.3 Å². The number of rotatable bonds is 6. The van der Waals surface area contributed by atoms with Gasteiger partial charge in [-0.05, 0) is 42.7 Å². The van der Waals surface area contributed by atoms with Gasteiger partial charge in [0.2, 0.25) is 0 Å². The minimum atomic E-state index is -0.236. The molecule has 32 heavy (non-hydrogen) atoms. The summed E-state index contributed by atoms with van der Waals surface area (Å²) in [6.07, 6.45) is 11.2. The maximum Gasteiger partial charge on any atom is 0.261 e.